The van der Waals surface area contributed by atoms with Gasteiger partial charge in [-0.3, -0.25) is 19.2 Å². The van der Waals surface area contributed by atoms with E-state index in [0.29, 0.717) is 18.9 Å². The van der Waals surface area contributed by atoms with Crippen molar-refractivity contribution >= 4 is 29.5 Å². The quantitative estimate of drug-likeness (QED) is 0.345. The molecule has 4 atom stereocenters. The molecule has 1 aliphatic heterocycles. The molecule has 2 fully saturated rings. The van der Waals surface area contributed by atoms with E-state index in [4.69, 9.17) is 10.5 Å². The van der Waals surface area contributed by atoms with Gasteiger partial charge in [-0.15, -0.1) is 0 Å². The summed E-state index contributed by atoms with van der Waals surface area (Å²) >= 11 is 0. The fourth-order valence-corrected chi connectivity index (χ4v) is 5.44. The van der Waals surface area contributed by atoms with Crippen molar-refractivity contribution in [3.63, 3.8) is 0 Å². The van der Waals surface area contributed by atoms with Crippen molar-refractivity contribution in [3.05, 3.63) is 35.5 Å². The van der Waals surface area contributed by atoms with Gasteiger partial charge in [0.05, 0.1) is 12.1 Å². The largest absolute Gasteiger partial charge is 0.447 e. The van der Waals surface area contributed by atoms with Crippen LogP contribution in [0.1, 0.15) is 100 Å². The fraction of sp³-hybridized carbons (Fsp3) is 0.667. The molecule has 1 heterocycles. The topological polar surface area (TPSA) is 136 Å². The van der Waals surface area contributed by atoms with Crippen molar-refractivity contribution in [2.24, 2.45) is 23.5 Å². The molecule has 0 radical (unpaired) electrons. The molecule has 0 aromatic carbocycles. The number of ketones is 2. The third kappa shape index (κ3) is 11.9. The van der Waals surface area contributed by atoms with Crippen LogP contribution in [0.15, 0.2) is 35.5 Å². The number of primary amides is 1. The number of fused-ring (bicyclic) bond motifs is 1. The maximum absolute atomic E-state index is 13.4. The highest BCUT2D eigenvalue weighted by molar-refractivity contribution is 6.36. The first-order valence-corrected chi connectivity index (χ1v) is 15.4. The number of ether oxygens (including phenoxy) is 1. The summed E-state index contributed by atoms with van der Waals surface area (Å²) in [6, 6.07) is -1.07. The summed E-state index contributed by atoms with van der Waals surface area (Å²) in [4.78, 5) is 60.6. The van der Waals surface area contributed by atoms with Gasteiger partial charge in [0.2, 0.25) is 11.7 Å². The second-order valence-corrected chi connectivity index (χ2v) is 12.1. The Kier molecular flexibility index (Phi) is 16.1. The SMILES string of the molecule is CC(=O)C1CCCN1C(=O)C(NC(=O)OC(C)C)C1CC2=CC=CCC=C2C1.CC(C)CC(C)C(=O)C(N)=O.CCC. The van der Waals surface area contributed by atoms with Crippen LogP contribution in [0.3, 0.4) is 0 Å². The number of alkyl carbamates (subject to hydrolysis) is 1. The lowest BCUT2D eigenvalue weighted by Gasteiger charge is -2.31. The number of hydrogen-bond acceptors (Lipinski definition) is 6. The number of amides is 3. The molecule has 0 spiro atoms. The molecule has 1 saturated heterocycles. The molecular formula is C33H53N3O6. The Morgan fingerprint density at radius 3 is 2.21 bits per heavy atom. The Morgan fingerprint density at radius 1 is 1.05 bits per heavy atom. The van der Waals surface area contributed by atoms with Gasteiger partial charge in [-0.2, -0.15) is 0 Å². The normalized spacial score (nSPS) is 20.5. The first-order valence-electron chi connectivity index (χ1n) is 15.4. The van der Waals surface area contributed by atoms with Crippen LogP contribution in [0.4, 0.5) is 4.79 Å². The average Bonchev–Trinajstić information content (AvgIpc) is 3.49. The number of nitrogens with two attached hydrogens (primary N) is 1. The number of carbonyl (C=O) groups excluding carboxylic acids is 5. The van der Waals surface area contributed by atoms with E-state index in [1.807, 2.05) is 19.9 Å². The van der Waals surface area contributed by atoms with E-state index in [1.54, 1.807) is 25.7 Å². The molecule has 0 aromatic rings. The van der Waals surface area contributed by atoms with Crippen LogP contribution in [-0.2, 0) is 23.9 Å². The number of rotatable bonds is 9. The summed E-state index contributed by atoms with van der Waals surface area (Å²) in [5.74, 6) is -1.29. The van der Waals surface area contributed by atoms with Crippen molar-refractivity contribution in [1.82, 2.24) is 10.2 Å². The molecule has 0 bridgehead atoms. The lowest BCUT2D eigenvalue weighted by molar-refractivity contribution is -0.139. The summed E-state index contributed by atoms with van der Waals surface area (Å²) < 4.78 is 5.24. The standard InChI is InChI=1S/C22H30N2O4.C8H15NO2.C3H8/c1-14(2)28-22(27)23-20(21(26)24-11-7-10-19(24)15(3)25)18-12-16-8-5-4-6-9-17(16)13-18;1-5(2)4-6(3)7(10)8(9)11;1-3-2/h4-5,8-9,14,18-20H,6-7,10-13H2,1-3H3,(H,23,27);5-6H,4H2,1-3H3,(H2,9,11);3H2,1-2H3. The number of allylic oxidation sites excluding steroid dienone is 6. The summed E-state index contributed by atoms with van der Waals surface area (Å²) in [5, 5.41) is 2.82. The Morgan fingerprint density at radius 2 is 1.67 bits per heavy atom. The first-order chi connectivity index (χ1) is 19.7. The van der Waals surface area contributed by atoms with Crippen molar-refractivity contribution < 1.29 is 28.7 Å². The molecule has 3 aliphatic rings. The van der Waals surface area contributed by atoms with Crippen molar-refractivity contribution in [2.75, 3.05) is 6.54 Å². The van der Waals surface area contributed by atoms with E-state index in [9.17, 15) is 24.0 Å². The Hall–Kier alpha value is -3.23. The molecular weight excluding hydrogens is 534 g/mol. The number of likely N-dealkylation sites (tertiary alicyclic amines) is 1. The summed E-state index contributed by atoms with van der Waals surface area (Å²) in [6.07, 6.45) is 13.4. The van der Waals surface area contributed by atoms with Gasteiger partial charge in [0.1, 0.15) is 6.04 Å². The monoisotopic (exact) mass is 587 g/mol. The lowest BCUT2D eigenvalue weighted by Crippen LogP contribution is -2.54. The lowest BCUT2D eigenvalue weighted by atomic mass is 9.95. The summed E-state index contributed by atoms with van der Waals surface area (Å²) in [7, 11) is 0. The van der Waals surface area contributed by atoms with Gasteiger partial charge in [0.25, 0.3) is 5.91 Å². The molecule has 2 aliphatic carbocycles. The van der Waals surface area contributed by atoms with Crippen LogP contribution >= 0.6 is 0 Å². The van der Waals surface area contributed by atoms with E-state index in [2.05, 4.69) is 37.4 Å². The predicted octanol–water partition coefficient (Wildman–Crippen LogP) is 5.43. The zero-order chi connectivity index (χ0) is 32.0. The molecule has 3 N–H and O–H groups in total. The first kappa shape index (κ1) is 36.8. The fourth-order valence-electron chi connectivity index (χ4n) is 5.44. The number of carbonyl (C=O) groups is 5. The van der Waals surface area contributed by atoms with Crippen LogP contribution in [0.25, 0.3) is 0 Å². The van der Waals surface area contributed by atoms with E-state index in [1.165, 1.54) is 24.5 Å². The van der Waals surface area contributed by atoms with Gasteiger partial charge in [0.15, 0.2) is 5.78 Å². The second kappa shape index (κ2) is 18.3. The molecule has 0 aromatic heterocycles. The van der Waals surface area contributed by atoms with Crippen LogP contribution in [0.2, 0.25) is 0 Å². The van der Waals surface area contributed by atoms with Crippen molar-refractivity contribution in [3.8, 4) is 0 Å². The number of nitrogens with one attached hydrogen (secondary N) is 1. The van der Waals surface area contributed by atoms with Gasteiger partial charge in [-0.1, -0.05) is 65.3 Å². The zero-order valence-electron chi connectivity index (χ0n) is 26.9. The number of nitrogens with zero attached hydrogens (tertiary/aromatic N) is 1. The Labute approximate surface area is 252 Å². The number of hydrogen-bond donors (Lipinski definition) is 2. The maximum Gasteiger partial charge on any atom is 0.408 e. The van der Waals surface area contributed by atoms with Gasteiger partial charge in [-0.25, -0.2) is 4.79 Å². The highest BCUT2D eigenvalue weighted by Crippen LogP contribution is 2.39. The van der Waals surface area contributed by atoms with Crippen LogP contribution in [0, 0.1) is 17.8 Å². The summed E-state index contributed by atoms with van der Waals surface area (Å²) in [5.41, 5.74) is 7.29. The molecule has 3 amide bonds. The summed E-state index contributed by atoms with van der Waals surface area (Å²) in [6.45, 7) is 15.6. The van der Waals surface area contributed by atoms with E-state index < -0.39 is 23.8 Å². The van der Waals surface area contributed by atoms with Crippen molar-refractivity contribution in [2.45, 2.75) is 119 Å². The molecule has 9 heteroatoms. The molecule has 4 unspecified atom stereocenters. The van der Waals surface area contributed by atoms with Crippen molar-refractivity contribution in [1.29, 1.82) is 0 Å². The van der Waals surface area contributed by atoms with Crippen LogP contribution in [-0.4, -0.2) is 59.1 Å². The molecule has 42 heavy (non-hydrogen) atoms. The minimum atomic E-state index is -0.821. The van der Waals surface area contributed by atoms with E-state index >= 15 is 0 Å². The highest BCUT2D eigenvalue weighted by atomic mass is 16.6. The maximum atomic E-state index is 13.4. The zero-order valence-corrected chi connectivity index (χ0v) is 26.9. The van der Waals surface area contributed by atoms with Crippen LogP contribution < -0.4 is 11.1 Å². The van der Waals surface area contributed by atoms with Gasteiger partial charge < -0.3 is 20.7 Å². The Balaban J connectivity index is 0.000000529. The smallest absolute Gasteiger partial charge is 0.408 e. The number of Topliss-reactive ketones (excluding diaryl/α,β-unsaturated/α-hetero) is 2. The molecule has 236 valence electrons. The van der Waals surface area contributed by atoms with Gasteiger partial charge in [0, 0.05) is 12.5 Å². The van der Waals surface area contributed by atoms with Gasteiger partial charge >= 0.3 is 6.09 Å². The minimum absolute atomic E-state index is 0.00138. The van der Waals surface area contributed by atoms with E-state index in [-0.39, 0.29) is 35.7 Å². The third-order valence-corrected chi connectivity index (χ3v) is 7.18. The average molecular weight is 588 g/mol. The Bertz CT molecular complexity index is 1040. The highest BCUT2D eigenvalue weighted by Gasteiger charge is 2.42. The molecule has 3 rings (SSSR count). The second-order valence-electron chi connectivity index (χ2n) is 12.1. The minimum Gasteiger partial charge on any atom is -0.447 e. The predicted molar refractivity (Wildman–Crippen MR) is 165 cm³/mol. The third-order valence-electron chi connectivity index (χ3n) is 7.18. The van der Waals surface area contributed by atoms with Gasteiger partial charge in [-0.05, 0) is 82.3 Å². The van der Waals surface area contributed by atoms with Crippen LogP contribution in [0.5, 0.6) is 0 Å². The molecule has 1 saturated carbocycles. The van der Waals surface area contributed by atoms with E-state index in [0.717, 1.165) is 32.1 Å². The molecule has 9 nitrogen and oxygen atoms in total.